The van der Waals surface area contributed by atoms with Crippen LogP contribution in [0.4, 0.5) is 0 Å². The summed E-state index contributed by atoms with van der Waals surface area (Å²) in [6.45, 7) is 2.09. The Hall–Kier alpha value is -3.60. The molecule has 0 amide bonds. The molecule has 1 aromatic heterocycles. The summed E-state index contributed by atoms with van der Waals surface area (Å²) in [5.41, 5.74) is 2.74. The van der Waals surface area contributed by atoms with Gasteiger partial charge < -0.3 is 18.6 Å². The highest BCUT2D eigenvalue weighted by Gasteiger charge is 2.32. The third-order valence-electron chi connectivity index (χ3n) is 7.05. The first-order chi connectivity index (χ1) is 18.2. The van der Waals surface area contributed by atoms with E-state index in [1.807, 2.05) is 18.2 Å². The van der Waals surface area contributed by atoms with Crippen LogP contribution in [0.2, 0.25) is 0 Å². The number of hydrogen-bond acceptors (Lipinski definition) is 8. The summed E-state index contributed by atoms with van der Waals surface area (Å²) < 4.78 is 47.9. The molecule has 1 saturated heterocycles. The zero-order valence-corrected chi connectivity index (χ0v) is 22.2. The van der Waals surface area contributed by atoms with Crippen LogP contribution in [0.1, 0.15) is 34.5 Å². The third-order valence-corrected chi connectivity index (χ3v) is 7.05. The van der Waals surface area contributed by atoms with Crippen molar-refractivity contribution in [1.29, 1.82) is 0 Å². The van der Waals surface area contributed by atoms with Crippen molar-refractivity contribution in [2.24, 2.45) is 0 Å². The van der Waals surface area contributed by atoms with Crippen molar-refractivity contribution in [2.75, 3.05) is 27.0 Å². The number of carbonyl (C=O) groups is 1. The van der Waals surface area contributed by atoms with Gasteiger partial charge in [-0.05, 0) is 94.9 Å². The summed E-state index contributed by atoms with van der Waals surface area (Å²) in [5, 5.41) is 4.47. The lowest BCUT2D eigenvalue weighted by Crippen LogP contribution is -2.35. The van der Waals surface area contributed by atoms with E-state index in [1.54, 1.807) is 26.4 Å². The van der Waals surface area contributed by atoms with E-state index in [0.29, 0.717) is 23.8 Å². The average molecular weight is 540 g/mol. The fourth-order valence-electron chi connectivity index (χ4n) is 5.49. The largest absolute Gasteiger partial charge is 0.493 e. The zero-order chi connectivity index (χ0) is 27.0. The van der Waals surface area contributed by atoms with E-state index in [-0.39, 0.29) is 5.76 Å². The van der Waals surface area contributed by atoms with Gasteiger partial charge in [-0.25, -0.2) is 4.79 Å². The molecule has 3 aromatic carbocycles. The van der Waals surface area contributed by atoms with E-state index in [9.17, 15) is 13.2 Å². The lowest BCUT2D eigenvalue weighted by molar-refractivity contribution is 0.0701. The minimum Gasteiger partial charge on any atom is -0.493 e. The highest BCUT2D eigenvalue weighted by molar-refractivity contribution is 7.85. The van der Waals surface area contributed by atoms with Gasteiger partial charge >= 0.3 is 5.97 Å². The van der Waals surface area contributed by atoms with Crippen molar-refractivity contribution in [3.05, 3.63) is 65.6 Å². The predicted molar refractivity (Wildman–Crippen MR) is 143 cm³/mol. The number of methoxy groups -OCH3 is 2. The number of ether oxygens (including phenoxy) is 3. The van der Waals surface area contributed by atoms with Crippen LogP contribution in [0, 0.1) is 0 Å². The van der Waals surface area contributed by atoms with Crippen molar-refractivity contribution < 1.29 is 36.4 Å². The highest BCUT2D eigenvalue weighted by Crippen LogP contribution is 2.44. The van der Waals surface area contributed by atoms with Crippen LogP contribution in [0.15, 0.2) is 53.1 Å². The molecule has 3 heterocycles. The normalized spacial score (nSPS) is 16.9. The van der Waals surface area contributed by atoms with Crippen LogP contribution in [0.5, 0.6) is 17.2 Å². The SMILES string of the molecule is COc1cc2c3c(c4ccc(OC(=O)c5ccco5)cc4c2cc1OC)C[C@@H]1CCCN1C3.CS(=O)(=O)O. The van der Waals surface area contributed by atoms with E-state index in [0.717, 1.165) is 41.4 Å². The molecular weight excluding hydrogens is 510 g/mol. The Labute approximate surface area is 220 Å². The molecule has 1 atom stereocenters. The molecule has 4 aromatic rings. The molecule has 1 N–H and O–H groups in total. The van der Waals surface area contributed by atoms with Gasteiger partial charge in [0.1, 0.15) is 5.75 Å². The van der Waals surface area contributed by atoms with Crippen LogP contribution in [-0.4, -0.2) is 56.9 Å². The van der Waals surface area contributed by atoms with E-state index >= 15 is 0 Å². The number of rotatable bonds is 4. The van der Waals surface area contributed by atoms with Crippen LogP contribution < -0.4 is 14.2 Å². The van der Waals surface area contributed by atoms with Crippen molar-refractivity contribution >= 4 is 37.6 Å². The van der Waals surface area contributed by atoms with Gasteiger partial charge in [0.25, 0.3) is 10.1 Å². The Bertz CT molecular complexity index is 1600. The summed E-state index contributed by atoms with van der Waals surface area (Å²) in [6, 6.07) is 13.9. The molecule has 6 rings (SSSR count). The minimum atomic E-state index is -3.67. The second kappa shape index (κ2) is 10.3. The maximum atomic E-state index is 12.5. The van der Waals surface area contributed by atoms with Gasteiger partial charge in [0.2, 0.25) is 5.76 Å². The maximum absolute atomic E-state index is 12.5. The molecule has 200 valence electrons. The number of nitrogens with zero attached hydrogens (tertiary/aromatic N) is 1. The standard InChI is InChI=1S/C27H25NO5.CH4O3S/c1-30-25-13-21-20-12-17(33-27(29)24-6-4-10-32-24)7-8-18(20)19-11-16-5-3-9-28(16)15-23(19)22(21)14-26(25)31-2;1-5(2,3)4/h4,6-8,10,12-14,16H,3,5,9,11,15H2,1-2H3;1H3,(H,2,3,4)/t16-;/m0./s1. The summed E-state index contributed by atoms with van der Waals surface area (Å²) in [5.74, 6) is 1.55. The average Bonchev–Trinajstić information content (AvgIpc) is 3.58. The molecule has 0 spiro atoms. The first-order valence-electron chi connectivity index (χ1n) is 12.2. The molecule has 0 saturated carbocycles. The molecule has 38 heavy (non-hydrogen) atoms. The van der Waals surface area contributed by atoms with Crippen molar-refractivity contribution in [3.63, 3.8) is 0 Å². The van der Waals surface area contributed by atoms with Gasteiger partial charge in [0, 0.05) is 12.6 Å². The lowest BCUT2D eigenvalue weighted by atomic mass is 9.85. The molecule has 10 heteroatoms. The third kappa shape index (κ3) is 5.20. The monoisotopic (exact) mass is 539 g/mol. The van der Waals surface area contributed by atoms with E-state index < -0.39 is 16.1 Å². The van der Waals surface area contributed by atoms with Crippen LogP contribution in [0.3, 0.4) is 0 Å². The first kappa shape index (κ1) is 26.0. The lowest BCUT2D eigenvalue weighted by Gasteiger charge is -2.33. The van der Waals surface area contributed by atoms with Gasteiger partial charge in [0.15, 0.2) is 11.5 Å². The Morgan fingerprint density at radius 1 is 1.00 bits per heavy atom. The molecular formula is C28H29NO8S. The number of fused-ring (bicyclic) bond motifs is 7. The fourth-order valence-corrected chi connectivity index (χ4v) is 5.49. The van der Waals surface area contributed by atoms with Crippen molar-refractivity contribution in [3.8, 4) is 17.2 Å². The molecule has 0 bridgehead atoms. The number of carbonyl (C=O) groups excluding carboxylic acids is 1. The Kier molecular flexibility index (Phi) is 7.04. The van der Waals surface area contributed by atoms with Crippen molar-refractivity contribution in [2.45, 2.75) is 31.8 Å². The quantitative estimate of drug-likeness (QED) is 0.168. The molecule has 9 nitrogen and oxygen atoms in total. The summed E-state index contributed by atoms with van der Waals surface area (Å²) >= 11 is 0. The second-order valence-electron chi connectivity index (χ2n) is 9.49. The number of hydrogen-bond donors (Lipinski definition) is 1. The topological polar surface area (TPSA) is 116 Å². The summed E-state index contributed by atoms with van der Waals surface area (Å²) in [7, 11) is -0.352. The Balaban J connectivity index is 0.000000540. The second-order valence-corrected chi connectivity index (χ2v) is 11.0. The van der Waals surface area contributed by atoms with Gasteiger partial charge in [-0.15, -0.1) is 0 Å². The van der Waals surface area contributed by atoms with E-state index in [1.165, 1.54) is 35.6 Å². The van der Waals surface area contributed by atoms with Gasteiger partial charge in [-0.1, -0.05) is 6.07 Å². The van der Waals surface area contributed by atoms with Crippen LogP contribution in [-0.2, 0) is 23.1 Å². The van der Waals surface area contributed by atoms with Crippen LogP contribution >= 0.6 is 0 Å². The molecule has 2 aliphatic heterocycles. The highest BCUT2D eigenvalue weighted by atomic mass is 32.2. The molecule has 0 aliphatic carbocycles. The van der Waals surface area contributed by atoms with Crippen molar-refractivity contribution in [1.82, 2.24) is 4.90 Å². The Morgan fingerprint density at radius 2 is 1.68 bits per heavy atom. The first-order valence-corrected chi connectivity index (χ1v) is 14.1. The zero-order valence-electron chi connectivity index (χ0n) is 21.4. The fraction of sp³-hybridized carbons (Fsp3) is 0.321. The number of furan rings is 1. The maximum Gasteiger partial charge on any atom is 0.379 e. The minimum absolute atomic E-state index is 0.179. The van der Waals surface area contributed by atoms with E-state index in [2.05, 4.69) is 17.0 Å². The Morgan fingerprint density at radius 3 is 2.34 bits per heavy atom. The van der Waals surface area contributed by atoms with Gasteiger partial charge in [-0.2, -0.15) is 8.42 Å². The molecule has 0 radical (unpaired) electrons. The summed E-state index contributed by atoms with van der Waals surface area (Å²) in [6.07, 6.45) is 5.69. The molecule has 0 unspecified atom stereocenters. The van der Waals surface area contributed by atoms with E-state index in [4.69, 9.17) is 23.2 Å². The number of esters is 1. The van der Waals surface area contributed by atoms with Gasteiger partial charge in [-0.3, -0.25) is 9.45 Å². The van der Waals surface area contributed by atoms with Gasteiger partial charge in [0.05, 0.1) is 26.7 Å². The number of benzene rings is 3. The predicted octanol–water partition coefficient (Wildman–Crippen LogP) is 4.85. The smallest absolute Gasteiger partial charge is 0.379 e. The van der Waals surface area contributed by atoms with Crippen LogP contribution in [0.25, 0.3) is 21.5 Å². The molecule has 1 fully saturated rings. The molecule has 2 aliphatic rings. The summed E-state index contributed by atoms with van der Waals surface area (Å²) in [4.78, 5) is 15.1.